The zero-order valence-corrected chi connectivity index (χ0v) is 15.9. The summed E-state index contributed by atoms with van der Waals surface area (Å²) in [5.41, 5.74) is 1.06. The first-order valence-electron chi connectivity index (χ1n) is 9.56. The van der Waals surface area contributed by atoms with E-state index in [2.05, 4.69) is 27.4 Å². The minimum atomic E-state index is -0.387. The zero-order chi connectivity index (χ0) is 18.8. The Morgan fingerprint density at radius 1 is 1.27 bits per heavy atom. The van der Waals surface area contributed by atoms with Gasteiger partial charge in [-0.05, 0) is 57.3 Å². The number of benzene rings is 1. The maximum Gasteiger partial charge on any atom is 0.269 e. The highest BCUT2D eigenvalue weighted by molar-refractivity contribution is 5.79. The molecule has 7 heteroatoms. The molecule has 1 fully saturated rings. The topological polar surface area (TPSA) is 82.8 Å². The lowest BCUT2D eigenvalue weighted by atomic mass is 9.99. The van der Waals surface area contributed by atoms with Crippen LogP contribution in [0.15, 0.2) is 29.3 Å². The number of rotatable bonds is 8. The van der Waals surface area contributed by atoms with Crippen molar-refractivity contribution >= 4 is 11.6 Å². The Morgan fingerprint density at radius 3 is 2.58 bits per heavy atom. The summed E-state index contributed by atoms with van der Waals surface area (Å²) in [6.07, 6.45) is 3.72. The lowest BCUT2D eigenvalue weighted by Crippen LogP contribution is -2.39. The zero-order valence-electron chi connectivity index (χ0n) is 15.9. The second-order valence-corrected chi connectivity index (χ2v) is 6.92. The van der Waals surface area contributed by atoms with Gasteiger partial charge in [-0.3, -0.25) is 10.1 Å². The van der Waals surface area contributed by atoms with E-state index in [4.69, 9.17) is 0 Å². The molecule has 0 radical (unpaired) electrons. The molecule has 1 aromatic carbocycles. The van der Waals surface area contributed by atoms with Gasteiger partial charge < -0.3 is 15.5 Å². The van der Waals surface area contributed by atoms with E-state index in [1.54, 1.807) is 12.1 Å². The molecular formula is C19H31N5O2. The molecule has 0 unspecified atom stereocenters. The Balaban J connectivity index is 1.74. The van der Waals surface area contributed by atoms with Crippen molar-refractivity contribution in [1.29, 1.82) is 0 Å². The molecule has 0 aromatic heterocycles. The molecule has 2 rings (SSSR count). The normalized spacial score (nSPS) is 16.5. The van der Waals surface area contributed by atoms with Crippen LogP contribution in [0.3, 0.4) is 0 Å². The van der Waals surface area contributed by atoms with Crippen molar-refractivity contribution in [3.8, 4) is 0 Å². The summed E-state index contributed by atoms with van der Waals surface area (Å²) >= 11 is 0. The second kappa shape index (κ2) is 10.8. The van der Waals surface area contributed by atoms with Crippen LogP contribution in [0.1, 0.15) is 38.7 Å². The summed E-state index contributed by atoms with van der Waals surface area (Å²) < 4.78 is 0. The Bertz CT molecular complexity index is 580. The van der Waals surface area contributed by atoms with Crippen molar-refractivity contribution in [2.75, 3.05) is 32.7 Å². The quantitative estimate of drug-likeness (QED) is 0.245. The fourth-order valence-corrected chi connectivity index (χ4v) is 3.03. The van der Waals surface area contributed by atoms with Gasteiger partial charge in [0.25, 0.3) is 5.69 Å². The number of hydrogen-bond acceptors (Lipinski definition) is 4. The van der Waals surface area contributed by atoms with Crippen molar-refractivity contribution in [1.82, 2.24) is 15.5 Å². The number of non-ortho nitro benzene ring substituents is 1. The van der Waals surface area contributed by atoms with E-state index >= 15 is 0 Å². The molecule has 0 saturated carbocycles. The lowest BCUT2D eigenvalue weighted by Gasteiger charge is -2.30. The highest BCUT2D eigenvalue weighted by Crippen LogP contribution is 2.15. The van der Waals surface area contributed by atoms with E-state index < -0.39 is 0 Å². The summed E-state index contributed by atoms with van der Waals surface area (Å²) in [4.78, 5) is 17.4. The number of piperidine rings is 1. The predicted molar refractivity (Wildman–Crippen MR) is 105 cm³/mol. The van der Waals surface area contributed by atoms with Gasteiger partial charge in [0.1, 0.15) is 0 Å². The van der Waals surface area contributed by atoms with Gasteiger partial charge in [0.2, 0.25) is 0 Å². The fraction of sp³-hybridized carbons (Fsp3) is 0.632. The number of aliphatic imine (C=N–C) groups is 1. The van der Waals surface area contributed by atoms with Crippen LogP contribution in [0.2, 0.25) is 0 Å². The number of hydrogen-bond donors (Lipinski definition) is 2. The third kappa shape index (κ3) is 7.00. The second-order valence-electron chi connectivity index (χ2n) is 6.92. The first kappa shape index (κ1) is 20.2. The average Bonchev–Trinajstić information content (AvgIpc) is 2.65. The minimum Gasteiger partial charge on any atom is -0.357 e. The number of nitro benzene ring substituents is 1. The van der Waals surface area contributed by atoms with Crippen LogP contribution >= 0.6 is 0 Å². The van der Waals surface area contributed by atoms with Gasteiger partial charge in [-0.1, -0.05) is 19.1 Å². The molecule has 1 saturated heterocycles. The van der Waals surface area contributed by atoms with Gasteiger partial charge in [0.05, 0.1) is 11.5 Å². The first-order chi connectivity index (χ1) is 12.6. The van der Waals surface area contributed by atoms with Crippen LogP contribution in [-0.2, 0) is 6.54 Å². The maximum atomic E-state index is 10.7. The van der Waals surface area contributed by atoms with Gasteiger partial charge in [-0.25, -0.2) is 4.99 Å². The van der Waals surface area contributed by atoms with Gasteiger partial charge in [-0.2, -0.15) is 0 Å². The number of nitrogens with one attached hydrogen (secondary N) is 2. The summed E-state index contributed by atoms with van der Waals surface area (Å²) in [6.45, 7) is 10.1. The van der Waals surface area contributed by atoms with Crippen LogP contribution in [0.4, 0.5) is 5.69 Å². The van der Waals surface area contributed by atoms with Crippen molar-refractivity contribution < 1.29 is 4.92 Å². The minimum absolute atomic E-state index is 0.106. The standard InChI is InChI=1S/C19H31N5O2/c1-3-20-19(21-11-4-12-23-13-9-16(2)10-14-23)22-15-17-5-7-18(8-6-17)24(25)26/h5-8,16H,3-4,9-15H2,1-2H3,(H2,20,21,22). The van der Waals surface area contributed by atoms with Gasteiger partial charge in [0, 0.05) is 25.2 Å². The van der Waals surface area contributed by atoms with Crippen LogP contribution < -0.4 is 10.6 Å². The average molecular weight is 361 g/mol. The molecule has 1 aliphatic heterocycles. The Morgan fingerprint density at radius 2 is 1.96 bits per heavy atom. The van der Waals surface area contributed by atoms with Crippen LogP contribution in [0.25, 0.3) is 0 Å². The van der Waals surface area contributed by atoms with Crippen molar-refractivity contribution in [2.45, 2.75) is 39.7 Å². The molecule has 144 valence electrons. The Kier molecular flexibility index (Phi) is 8.34. The van der Waals surface area contributed by atoms with E-state index in [1.807, 2.05) is 6.92 Å². The van der Waals surface area contributed by atoms with Crippen molar-refractivity contribution in [3.63, 3.8) is 0 Å². The highest BCUT2D eigenvalue weighted by atomic mass is 16.6. The van der Waals surface area contributed by atoms with Crippen LogP contribution in [0.5, 0.6) is 0 Å². The molecule has 1 aromatic rings. The molecule has 2 N–H and O–H groups in total. The highest BCUT2D eigenvalue weighted by Gasteiger charge is 2.14. The SMILES string of the molecule is CCNC(=NCc1ccc([N+](=O)[O-])cc1)NCCCN1CCC(C)CC1. The molecular weight excluding hydrogens is 330 g/mol. The fourth-order valence-electron chi connectivity index (χ4n) is 3.03. The molecule has 1 heterocycles. The molecule has 1 aliphatic rings. The summed E-state index contributed by atoms with van der Waals surface area (Å²) in [6, 6.07) is 6.54. The number of nitrogens with zero attached hydrogens (tertiary/aromatic N) is 3. The summed E-state index contributed by atoms with van der Waals surface area (Å²) in [7, 11) is 0. The number of likely N-dealkylation sites (tertiary alicyclic amines) is 1. The van der Waals surface area contributed by atoms with Crippen LogP contribution in [0, 0.1) is 16.0 Å². The Labute approximate surface area is 156 Å². The molecule has 7 nitrogen and oxygen atoms in total. The van der Waals surface area contributed by atoms with E-state index in [0.717, 1.165) is 43.5 Å². The summed E-state index contributed by atoms with van der Waals surface area (Å²) in [5, 5.41) is 17.3. The molecule has 0 atom stereocenters. The molecule has 0 bridgehead atoms. The monoisotopic (exact) mass is 361 g/mol. The lowest BCUT2D eigenvalue weighted by molar-refractivity contribution is -0.384. The van der Waals surface area contributed by atoms with E-state index in [0.29, 0.717) is 6.54 Å². The molecule has 0 amide bonds. The Hall–Kier alpha value is -2.15. The number of nitro groups is 1. The largest absolute Gasteiger partial charge is 0.357 e. The first-order valence-corrected chi connectivity index (χ1v) is 9.56. The maximum absolute atomic E-state index is 10.7. The van der Waals surface area contributed by atoms with Gasteiger partial charge in [0.15, 0.2) is 5.96 Å². The van der Waals surface area contributed by atoms with Gasteiger partial charge in [-0.15, -0.1) is 0 Å². The van der Waals surface area contributed by atoms with Crippen molar-refractivity contribution in [3.05, 3.63) is 39.9 Å². The third-order valence-electron chi connectivity index (χ3n) is 4.73. The van der Waals surface area contributed by atoms with Gasteiger partial charge >= 0.3 is 0 Å². The smallest absolute Gasteiger partial charge is 0.269 e. The molecule has 26 heavy (non-hydrogen) atoms. The van der Waals surface area contributed by atoms with Crippen molar-refractivity contribution in [2.24, 2.45) is 10.9 Å². The molecule has 0 spiro atoms. The van der Waals surface area contributed by atoms with E-state index in [9.17, 15) is 10.1 Å². The van der Waals surface area contributed by atoms with E-state index in [1.165, 1.54) is 38.1 Å². The molecule has 0 aliphatic carbocycles. The number of guanidine groups is 1. The van der Waals surface area contributed by atoms with Crippen LogP contribution in [-0.4, -0.2) is 48.5 Å². The summed E-state index contributed by atoms with van der Waals surface area (Å²) in [5.74, 6) is 1.66. The predicted octanol–water partition coefficient (Wildman–Crippen LogP) is 2.77. The third-order valence-corrected chi connectivity index (χ3v) is 4.73. The van der Waals surface area contributed by atoms with E-state index in [-0.39, 0.29) is 10.6 Å².